The minimum Gasteiger partial charge on any atom is -0.495 e. The van der Waals surface area contributed by atoms with E-state index in [-0.39, 0.29) is 5.91 Å². The highest BCUT2D eigenvalue weighted by Crippen LogP contribution is 2.33. The van der Waals surface area contributed by atoms with E-state index >= 15 is 0 Å². The molecule has 0 radical (unpaired) electrons. The van der Waals surface area contributed by atoms with Crippen LogP contribution in [0.1, 0.15) is 28.4 Å². The van der Waals surface area contributed by atoms with Crippen molar-refractivity contribution in [1.82, 2.24) is 15.0 Å². The Morgan fingerprint density at radius 1 is 1.06 bits per heavy atom. The molecule has 4 rings (SSSR count). The summed E-state index contributed by atoms with van der Waals surface area (Å²) in [5.74, 6) is 0.199. The van der Waals surface area contributed by atoms with Gasteiger partial charge in [-0.1, -0.05) is 35.0 Å². The Kier molecular flexibility index (Phi) is 6.11. The van der Waals surface area contributed by atoms with Gasteiger partial charge in [0.25, 0.3) is 5.91 Å². The molecule has 0 fully saturated rings. The van der Waals surface area contributed by atoms with Crippen LogP contribution in [0.5, 0.6) is 5.75 Å². The van der Waals surface area contributed by atoms with Gasteiger partial charge in [-0.05, 0) is 76.8 Å². The van der Waals surface area contributed by atoms with Crippen LogP contribution in [0, 0.1) is 6.92 Å². The van der Waals surface area contributed by atoms with Crippen LogP contribution < -0.4 is 10.1 Å². The van der Waals surface area contributed by atoms with Crippen LogP contribution in [-0.4, -0.2) is 28.0 Å². The number of rotatable bonds is 5. The fourth-order valence-corrected chi connectivity index (χ4v) is 4.70. The number of anilines is 1. The first-order chi connectivity index (χ1) is 14.9. The van der Waals surface area contributed by atoms with Gasteiger partial charge in [0.1, 0.15) is 16.8 Å². The van der Waals surface area contributed by atoms with Crippen molar-refractivity contribution in [3.63, 3.8) is 0 Å². The molecule has 4 aromatic rings. The molecule has 3 aromatic carbocycles. The van der Waals surface area contributed by atoms with Crippen LogP contribution in [0.3, 0.4) is 0 Å². The number of carbonyl (C=O) groups is 1. The van der Waals surface area contributed by atoms with E-state index < -0.39 is 0 Å². The summed E-state index contributed by atoms with van der Waals surface area (Å²) in [4.78, 5) is 14.6. The highest BCUT2D eigenvalue weighted by atomic mass is 79.9. The third kappa shape index (κ3) is 4.36. The number of benzene rings is 3. The van der Waals surface area contributed by atoms with Gasteiger partial charge < -0.3 is 10.1 Å². The number of halogens is 2. The molecular formula is C23H20Br2N4O2. The zero-order valence-corrected chi connectivity index (χ0v) is 20.4. The molecule has 0 unspecified atom stereocenters. The third-order valence-electron chi connectivity index (χ3n) is 5.01. The van der Waals surface area contributed by atoms with Gasteiger partial charge in [-0.15, -0.1) is 10.2 Å². The van der Waals surface area contributed by atoms with Gasteiger partial charge in [0.05, 0.1) is 22.8 Å². The van der Waals surface area contributed by atoms with Crippen molar-refractivity contribution in [3.05, 3.63) is 74.2 Å². The second-order valence-corrected chi connectivity index (χ2v) is 8.86. The first-order valence-electron chi connectivity index (χ1n) is 9.71. The lowest BCUT2D eigenvalue weighted by molar-refractivity contribution is 0.102. The van der Waals surface area contributed by atoms with Gasteiger partial charge in [-0.2, -0.15) is 4.80 Å². The number of hydrogen-bond donors (Lipinski definition) is 1. The standard InChI is InChI=1S/C23H20Br2N4O2/c1-4-14-5-7-16(8-6-14)29-27-20-9-13(2)19(12-21(20)28-29)26-23(30)17-10-15(24)11-18(25)22(17)31-3/h5-12H,4H2,1-3H3,(H,26,30). The molecule has 1 heterocycles. The highest BCUT2D eigenvalue weighted by Gasteiger charge is 2.18. The first kappa shape index (κ1) is 21.5. The number of nitrogens with one attached hydrogen (secondary N) is 1. The van der Waals surface area contributed by atoms with Crippen LogP contribution in [0.2, 0.25) is 0 Å². The van der Waals surface area contributed by atoms with Crippen molar-refractivity contribution in [3.8, 4) is 11.4 Å². The molecule has 0 aliphatic rings. The largest absolute Gasteiger partial charge is 0.495 e. The van der Waals surface area contributed by atoms with E-state index in [1.165, 1.54) is 12.7 Å². The van der Waals surface area contributed by atoms with Gasteiger partial charge in [0.2, 0.25) is 0 Å². The maximum Gasteiger partial charge on any atom is 0.259 e. The summed E-state index contributed by atoms with van der Waals surface area (Å²) in [6, 6.07) is 15.5. The van der Waals surface area contributed by atoms with E-state index in [0.717, 1.165) is 27.7 Å². The number of aryl methyl sites for hydroxylation is 2. The summed E-state index contributed by atoms with van der Waals surface area (Å²) in [7, 11) is 1.54. The third-order valence-corrected chi connectivity index (χ3v) is 6.05. The lowest BCUT2D eigenvalue weighted by atomic mass is 10.1. The molecule has 0 saturated carbocycles. The number of fused-ring (bicyclic) bond motifs is 1. The summed E-state index contributed by atoms with van der Waals surface area (Å²) in [5.41, 5.74) is 5.59. The maximum absolute atomic E-state index is 13.0. The van der Waals surface area contributed by atoms with Crippen LogP contribution in [-0.2, 0) is 6.42 Å². The van der Waals surface area contributed by atoms with E-state index in [9.17, 15) is 4.79 Å². The van der Waals surface area contributed by atoms with Crippen molar-refractivity contribution >= 4 is 54.5 Å². The van der Waals surface area contributed by atoms with E-state index in [0.29, 0.717) is 27.0 Å². The summed E-state index contributed by atoms with van der Waals surface area (Å²) in [6.45, 7) is 4.05. The number of aromatic nitrogens is 3. The summed E-state index contributed by atoms with van der Waals surface area (Å²) in [6.07, 6.45) is 0.983. The summed E-state index contributed by atoms with van der Waals surface area (Å²) < 4.78 is 6.87. The molecule has 1 aromatic heterocycles. The van der Waals surface area contributed by atoms with Crippen molar-refractivity contribution in [2.75, 3.05) is 12.4 Å². The smallest absolute Gasteiger partial charge is 0.259 e. The first-order valence-corrected chi connectivity index (χ1v) is 11.3. The Labute approximate surface area is 196 Å². The van der Waals surface area contributed by atoms with Crippen molar-refractivity contribution in [2.24, 2.45) is 0 Å². The van der Waals surface area contributed by atoms with Crippen molar-refractivity contribution < 1.29 is 9.53 Å². The van der Waals surface area contributed by atoms with Crippen molar-refractivity contribution in [2.45, 2.75) is 20.3 Å². The lowest BCUT2D eigenvalue weighted by Crippen LogP contribution is -2.14. The fourth-order valence-electron chi connectivity index (χ4n) is 3.31. The molecule has 0 aliphatic heterocycles. The molecule has 158 valence electrons. The second kappa shape index (κ2) is 8.80. The predicted molar refractivity (Wildman–Crippen MR) is 129 cm³/mol. The Morgan fingerprint density at radius 3 is 2.39 bits per heavy atom. The molecule has 0 atom stereocenters. The second-order valence-electron chi connectivity index (χ2n) is 7.09. The van der Waals surface area contributed by atoms with Gasteiger partial charge >= 0.3 is 0 Å². The van der Waals surface area contributed by atoms with Crippen LogP contribution in [0.25, 0.3) is 16.7 Å². The maximum atomic E-state index is 13.0. The highest BCUT2D eigenvalue weighted by molar-refractivity contribution is 9.11. The molecule has 0 aliphatic carbocycles. The number of hydrogen-bond acceptors (Lipinski definition) is 4. The number of carbonyl (C=O) groups excluding carboxylic acids is 1. The monoisotopic (exact) mass is 542 g/mol. The van der Waals surface area contributed by atoms with E-state index in [4.69, 9.17) is 4.74 Å². The average molecular weight is 544 g/mol. The Balaban J connectivity index is 1.67. The SMILES string of the molecule is CCc1ccc(-n2nc3cc(C)c(NC(=O)c4cc(Br)cc(Br)c4OC)cc3n2)cc1. The molecule has 8 heteroatoms. The van der Waals surface area contributed by atoms with Gasteiger partial charge in [-0.25, -0.2) is 0 Å². The fraction of sp³-hybridized carbons (Fsp3) is 0.174. The number of nitrogens with zero attached hydrogens (tertiary/aromatic N) is 3. The van der Waals surface area contributed by atoms with E-state index in [1.807, 2.05) is 37.3 Å². The molecule has 0 bridgehead atoms. The van der Waals surface area contributed by atoms with Crippen LogP contribution in [0.15, 0.2) is 57.5 Å². The minimum absolute atomic E-state index is 0.274. The Bertz CT molecular complexity index is 1280. The molecule has 6 nitrogen and oxygen atoms in total. The zero-order chi connectivity index (χ0) is 22.1. The minimum atomic E-state index is -0.274. The van der Waals surface area contributed by atoms with Crippen molar-refractivity contribution in [1.29, 1.82) is 0 Å². The Hall–Kier alpha value is -2.71. The van der Waals surface area contributed by atoms with Crippen LogP contribution in [0.4, 0.5) is 5.69 Å². The van der Waals surface area contributed by atoms with E-state index in [1.54, 1.807) is 10.9 Å². The predicted octanol–water partition coefficient (Wildman–Crippen LogP) is 6.08. The number of amides is 1. The average Bonchev–Trinajstić information content (AvgIpc) is 3.16. The molecule has 31 heavy (non-hydrogen) atoms. The number of ether oxygens (including phenoxy) is 1. The quantitative estimate of drug-likeness (QED) is 0.331. The van der Waals surface area contributed by atoms with Gasteiger partial charge in [0.15, 0.2) is 0 Å². The van der Waals surface area contributed by atoms with Gasteiger partial charge in [0, 0.05) is 10.2 Å². The summed E-state index contributed by atoms with van der Waals surface area (Å²) in [5, 5.41) is 12.2. The molecule has 1 amide bonds. The van der Waals surface area contributed by atoms with Crippen LogP contribution >= 0.6 is 31.9 Å². The number of methoxy groups -OCH3 is 1. The Morgan fingerprint density at radius 2 is 1.74 bits per heavy atom. The molecule has 0 saturated heterocycles. The summed E-state index contributed by atoms with van der Waals surface area (Å²) >= 11 is 6.86. The molecular weight excluding hydrogens is 524 g/mol. The molecule has 0 spiro atoms. The van der Waals surface area contributed by atoms with E-state index in [2.05, 4.69) is 66.4 Å². The topological polar surface area (TPSA) is 69.0 Å². The zero-order valence-electron chi connectivity index (χ0n) is 17.2. The van der Waals surface area contributed by atoms with Gasteiger partial charge in [-0.3, -0.25) is 4.79 Å². The lowest BCUT2D eigenvalue weighted by Gasteiger charge is -2.13. The molecule has 1 N–H and O–H groups in total. The normalized spacial score (nSPS) is 11.0.